The van der Waals surface area contributed by atoms with Crippen molar-refractivity contribution >= 4 is 9.84 Å². The number of sulfone groups is 1. The quantitative estimate of drug-likeness (QED) is 0.606. The summed E-state index contributed by atoms with van der Waals surface area (Å²) in [6, 6.07) is 7.06. The van der Waals surface area contributed by atoms with Gasteiger partial charge in [-0.05, 0) is 66.0 Å². The zero-order valence-electron chi connectivity index (χ0n) is 16.6. The molecule has 1 atom stereocenters. The molecule has 0 saturated carbocycles. The third-order valence-corrected chi connectivity index (χ3v) is 6.29. The first kappa shape index (κ1) is 22.4. The molecule has 0 aliphatic heterocycles. The monoisotopic (exact) mass is 376 g/mol. The lowest BCUT2D eigenvalue weighted by molar-refractivity contribution is 0.341. The van der Waals surface area contributed by atoms with Gasteiger partial charge in [-0.15, -0.1) is 0 Å². The lowest BCUT2D eigenvalue weighted by atomic mass is 10.1. The highest BCUT2D eigenvalue weighted by Crippen LogP contribution is 2.24. The SMILES string of the molecule is CC(C)=CC(C/C(C)=C/CC/C(C)=C\CO)S(=O)(=O)c1ccc(C)cc1. The predicted octanol–water partition coefficient (Wildman–Crippen LogP) is 5.16. The van der Waals surface area contributed by atoms with Gasteiger partial charge in [0.2, 0.25) is 0 Å². The molecule has 1 aromatic rings. The molecule has 1 rings (SSSR count). The standard InChI is InChI=1S/C22H32O3S/c1-17(2)15-22(16-20(5)8-6-7-18(3)13-14-23)26(24,25)21-11-9-19(4)10-12-21/h8-13,15,22-23H,6-7,14,16H2,1-5H3/b18-13-,20-8+. The highest BCUT2D eigenvalue weighted by atomic mass is 32.2. The first-order valence-electron chi connectivity index (χ1n) is 9.04. The summed E-state index contributed by atoms with van der Waals surface area (Å²) in [4.78, 5) is 0.375. The topological polar surface area (TPSA) is 54.4 Å². The Morgan fingerprint density at radius 2 is 1.65 bits per heavy atom. The van der Waals surface area contributed by atoms with Crippen LogP contribution in [0.2, 0.25) is 0 Å². The minimum absolute atomic E-state index is 0.0615. The van der Waals surface area contributed by atoms with E-state index in [4.69, 9.17) is 5.11 Å². The van der Waals surface area contributed by atoms with Gasteiger partial charge in [-0.3, -0.25) is 0 Å². The molecule has 0 aromatic heterocycles. The Hall–Kier alpha value is -1.65. The van der Waals surface area contributed by atoms with Gasteiger partial charge in [0.1, 0.15) is 0 Å². The van der Waals surface area contributed by atoms with Gasteiger partial charge >= 0.3 is 0 Å². The highest BCUT2D eigenvalue weighted by molar-refractivity contribution is 7.92. The van der Waals surface area contributed by atoms with Crippen molar-refractivity contribution in [1.82, 2.24) is 0 Å². The number of rotatable bonds is 9. The van der Waals surface area contributed by atoms with Crippen LogP contribution in [0.25, 0.3) is 0 Å². The fourth-order valence-electron chi connectivity index (χ4n) is 2.74. The number of allylic oxidation sites excluding steroid dienone is 4. The fourth-order valence-corrected chi connectivity index (χ4v) is 4.54. The van der Waals surface area contributed by atoms with Gasteiger partial charge in [0.15, 0.2) is 9.84 Å². The summed E-state index contributed by atoms with van der Waals surface area (Å²) in [5.41, 5.74) is 4.26. The lowest BCUT2D eigenvalue weighted by Gasteiger charge is -2.16. The first-order valence-corrected chi connectivity index (χ1v) is 10.6. The van der Waals surface area contributed by atoms with Gasteiger partial charge in [0.05, 0.1) is 16.8 Å². The second kappa shape index (κ2) is 10.5. The number of aryl methyl sites for hydroxylation is 1. The van der Waals surface area contributed by atoms with Crippen LogP contribution in [0.15, 0.2) is 64.1 Å². The molecule has 0 saturated heterocycles. The van der Waals surface area contributed by atoms with Crippen LogP contribution in [0.1, 0.15) is 52.5 Å². The molecule has 0 fully saturated rings. The maximum absolute atomic E-state index is 13.1. The molecule has 144 valence electrons. The van der Waals surface area contributed by atoms with Gasteiger partial charge in [-0.1, -0.05) is 52.6 Å². The van der Waals surface area contributed by atoms with Crippen molar-refractivity contribution in [2.75, 3.05) is 6.61 Å². The summed E-state index contributed by atoms with van der Waals surface area (Å²) in [6.07, 6.45) is 7.96. The Labute approximate surface area is 159 Å². The summed E-state index contributed by atoms with van der Waals surface area (Å²) >= 11 is 0. The van der Waals surface area contributed by atoms with Crippen molar-refractivity contribution in [3.05, 3.63) is 64.8 Å². The maximum Gasteiger partial charge on any atom is 0.185 e. The molecule has 26 heavy (non-hydrogen) atoms. The summed E-state index contributed by atoms with van der Waals surface area (Å²) < 4.78 is 26.1. The van der Waals surface area contributed by atoms with Gasteiger partial charge in [-0.25, -0.2) is 8.42 Å². The van der Waals surface area contributed by atoms with E-state index in [9.17, 15) is 8.42 Å². The van der Waals surface area contributed by atoms with Crippen molar-refractivity contribution < 1.29 is 13.5 Å². The summed E-state index contributed by atoms with van der Waals surface area (Å²) in [6.45, 7) is 9.85. The number of hydrogen-bond donors (Lipinski definition) is 1. The largest absolute Gasteiger partial charge is 0.392 e. The lowest BCUT2D eigenvalue weighted by Crippen LogP contribution is -2.20. The Bertz CT molecular complexity index is 762. The van der Waals surface area contributed by atoms with Crippen molar-refractivity contribution in [1.29, 1.82) is 0 Å². The molecule has 1 N–H and O–H groups in total. The van der Waals surface area contributed by atoms with Gasteiger partial charge in [0.25, 0.3) is 0 Å². The van der Waals surface area contributed by atoms with E-state index in [1.165, 1.54) is 0 Å². The van der Waals surface area contributed by atoms with Crippen LogP contribution in [-0.4, -0.2) is 25.4 Å². The summed E-state index contributed by atoms with van der Waals surface area (Å²) in [5, 5.41) is 8.34. The first-order chi connectivity index (χ1) is 12.2. The summed E-state index contributed by atoms with van der Waals surface area (Å²) in [5.74, 6) is 0. The molecule has 0 aliphatic rings. The number of hydrogen-bond acceptors (Lipinski definition) is 3. The molecule has 4 heteroatoms. The molecule has 3 nitrogen and oxygen atoms in total. The normalized spacial score (nSPS) is 14.2. The van der Waals surface area contributed by atoms with E-state index in [1.807, 2.05) is 52.8 Å². The van der Waals surface area contributed by atoms with Crippen LogP contribution in [0.4, 0.5) is 0 Å². The van der Waals surface area contributed by atoms with Crippen LogP contribution < -0.4 is 0 Å². The van der Waals surface area contributed by atoms with Crippen molar-refractivity contribution in [3.63, 3.8) is 0 Å². The van der Waals surface area contributed by atoms with E-state index < -0.39 is 15.1 Å². The maximum atomic E-state index is 13.1. The van der Waals surface area contributed by atoms with Crippen molar-refractivity contribution in [2.24, 2.45) is 0 Å². The molecule has 0 spiro atoms. The molecule has 1 unspecified atom stereocenters. The Kier molecular flexibility index (Phi) is 9.03. The van der Waals surface area contributed by atoms with E-state index in [2.05, 4.69) is 6.08 Å². The predicted molar refractivity (Wildman–Crippen MR) is 110 cm³/mol. The van der Waals surface area contributed by atoms with E-state index in [-0.39, 0.29) is 6.61 Å². The van der Waals surface area contributed by atoms with Crippen LogP contribution in [0.3, 0.4) is 0 Å². The third kappa shape index (κ3) is 7.30. The molecule has 0 amide bonds. The molecule has 0 radical (unpaired) electrons. The average molecular weight is 377 g/mol. The number of aliphatic hydroxyl groups is 1. The van der Waals surface area contributed by atoms with Crippen molar-refractivity contribution in [2.45, 2.75) is 64.0 Å². The summed E-state index contributed by atoms with van der Waals surface area (Å²) in [7, 11) is -3.42. The molecule has 0 bridgehead atoms. The minimum Gasteiger partial charge on any atom is -0.392 e. The van der Waals surface area contributed by atoms with Crippen molar-refractivity contribution in [3.8, 4) is 0 Å². The van der Waals surface area contributed by atoms with Gasteiger partial charge in [-0.2, -0.15) is 0 Å². The molecular weight excluding hydrogens is 344 g/mol. The highest BCUT2D eigenvalue weighted by Gasteiger charge is 2.25. The Morgan fingerprint density at radius 1 is 1.04 bits per heavy atom. The Balaban J connectivity index is 2.98. The molecule has 0 aliphatic carbocycles. The van der Waals surface area contributed by atoms with Crippen LogP contribution in [0, 0.1) is 6.92 Å². The Morgan fingerprint density at radius 3 is 2.19 bits per heavy atom. The van der Waals surface area contributed by atoms with Crippen LogP contribution >= 0.6 is 0 Å². The zero-order valence-corrected chi connectivity index (χ0v) is 17.4. The minimum atomic E-state index is -3.42. The second-order valence-electron chi connectivity index (χ2n) is 7.17. The van der Waals surface area contributed by atoms with Crippen LogP contribution in [0.5, 0.6) is 0 Å². The van der Waals surface area contributed by atoms with E-state index >= 15 is 0 Å². The van der Waals surface area contributed by atoms with Crippen LogP contribution in [-0.2, 0) is 9.84 Å². The fraction of sp³-hybridized carbons (Fsp3) is 0.455. The number of aliphatic hydroxyl groups excluding tert-OH is 1. The molecule has 0 heterocycles. The van der Waals surface area contributed by atoms with E-state index in [0.29, 0.717) is 11.3 Å². The molecular formula is C22H32O3S. The van der Waals surface area contributed by atoms with Gasteiger partial charge in [0, 0.05) is 0 Å². The van der Waals surface area contributed by atoms with E-state index in [1.54, 1.807) is 18.2 Å². The zero-order chi connectivity index (χ0) is 19.7. The second-order valence-corrected chi connectivity index (χ2v) is 9.33. The third-order valence-electron chi connectivity index (χ3n) is 4.26. The smallest absolute Gasteiger partial charge is 0.185 e. The molecule has 1 aromatic carbocycles. The number of benzene rings is 1. The van der Waals surface area contributed by atoms with E-state index in [0.717, 1.165) is 35.1 Å². The average Bonchev–Trinajstić information content (AvgIpc) is 2.54. The van der Waals surface area contributed by atoms with Gasteiger partial charge < -0.3 is 5.11 Å².